The minimum Gasteiger partial charge on any atom is -0.372 e. The van der Waals surface area contributed by atoms with Gasteiger partial charge in [-0.25, -0.2) is 0 Å². The Morgan fingerprint density at radius 1 is 1.23 bits per heavy atom. The molecule has 1 aliphatic rings. The van der Waals surface area contributed by atoms with E-state index in [4.69, 9.17) is 0 Å². The number of hydrogen-bond acceptors (Lipinski definition) is 1. The Kier molecular flexibility index (Phi) is 2.03. The molecule has 70 valence electrons. The topological polar surface area (TPSA) is 3.24 Å². The van der Waals surface area contributed by atoms with Gasteiger partial charge in [0, 0.05) is 18.8 Å². The van der Waals surface area contributed by atoms with Crippen molar-refractivity contribution in [2.24, 2.45) is 0 Å². The predicted molar refractivity (Wildman–Crippen MR) is 57.3 cm³/mol. The molecule has 1 nitrogen and oxygen atoms in total. The summed E-state index contributed by atoms with van der Waals surface area (Å²) in [5.74, 6) is 0.711. The van der Waals surface area contributed by atoms with Crippen LogP contribution in [0.3, 0.4) is 0 Å². The van der Waals surface area contributed by atoms with E-state index in [1.807, 2.05) is 0 Å². The van der Waals surface area contributed by atoms with Gasteiger partial charge < -0.3 is 4.90 Å². The first-order valence-corrected chi connectivity index (χ1v) is 5.02. The van der Waals surface area contributed by atoms with Crippen LogP contribution >= 0.6 is 0 Å². The molecule has 1 heteroatoms. The Bertz CT molecular complexity index is 306. The molecule has 0 radical (unpaired) electrons. The first-order valence-electron chi connectivity index (χ1n) is 5.02. The largest absolute Gasteiger partial charge is 0.372 e. The second-order valence-corrected chi connectivity index (χ2v) is 4.16. The molecule has 0 spiro atoms. The van der Waals surface area contributed by atoms with Crippen LogP contribution in [0.1, 0.15) is 31.7 Å². The molecule has 2 rings (SSSR count). The lowest BCUT2D eigenvalue weighted by atomic mass is 9.88. The zero-order valence-electron chi connectivity index (χ0n) is 8.62. The third-order valence-corrected chi connectivity index (χ3v) is 3.20. The molecule has 0 fully saturated rings. The van der Waals surface area contributed by atoms with E-state index in [0.29, 0.717) is 12.0 Å². The predicted octanol–water partition coefficient (Wildman–Crippen LogP) is 3.02. The van der Waals surface area contributed by atoms with Gasteiger partial charge in [0.05, 0.1) is 0 Å². The molecule has 1 aromatic rings. The molecular weight excluding hydrogens is 158 g/mol. The van der Waals surface area contributed by atoms with Gasteiger partial charge in [-0.05, 0) is 30.9 Å². The maximum Gasteiger partial charge on any atom is 0.0401 e. The van der Waals surface area contributed by atoms with Crippen LogP contribution in [0.2, 0.25) is 0 Å². The lowest BCUT2D eigenvalue weighted by Gasteiger charge is -2.37. The van der Waals surface area contributed by atoms with Crippen LogP contribution in [0, 0.1) is 0 Å². The Morgan fingerprint density at radius 3 is 2.69 bits per heavy atom. The quantitative estimate of drug-likeness (QED) is 0.586. The van der Waals surface area contributed by atoms with E-state index < -0.39 is 0 Å². The van der Waals surface area contributed by atoms with Crippen molar-refractivity contribution in [2.45, 2.75) is 32.2 Å². The molecule has 0 N–H and O–H groups in total. The van der Waals surface area contributed by atoms with Crippen LogP contribution < -0.4 is 4.90 Å². The van der Waals surface area contributed by atoms with Gasteiger partial charge >= 0.3 is 0 Å². The Labute approximate surface area is 80.4 Å². The van der Waals surface area contributed by atoms with Crippen molar-refractivity contribution in [3.8, 4) is 0 Å². The molecule has 1 aromatic carbocycles. The highest BCUT2D eigenvalue weighted by Crippen LogP contribution is 2.36. The van der Waals surface area contributed by atoms with Crippen molar-refractivity contribution in [3.05, 3.63) is 29.8 Å². The van der Waals surface area contributed by atoms with Crippen LogP contribution in [-0.4, -0.2) is 13.1 Å². The zero-order valence-corrected chi connectivity index (χ0v) is 8.62. The van der Waals surface area contributed by atoms with Crippen LogP contribution in [0.4, 0.5) is 5.69 Å². The van der Waals surface area contributed by atoms with Gasteiger partial charge in [0.2, 0.25) is 0 Å². The summed E-state index contributed by atoms with van der Waals surface area (Å²) < 4.78 is 0. The van der Waals surface area contributed by atoms with Crippen LogP contribution in [0.25, 0.3) is 0 Å². The molecule has 2 atom stereocenters. The standard InChI is InChI=1S/C12H17N/c1-9-8-10(2)13(3)12-7-5-4-6-11(9)12/h4-7,9-10H,8H2,1-3H3/t9-,10+/m1/s1. The Hall–Kier alpha value is -0.980. The number of fused-ring (bicyclic) bond motifs is 1. The van der Waals surface area contributed by atoms with Gasteiger partial charge in [-0.2, -0.15) is 0 Å². The highest BCUT2D eigenvalue weighted by Gasteiger charge is 2.24. The van der Waals surface area contributed by atoms with E-state index >= 15 is 0 Å². The molecule has 13 heavy (non-hydrogen) atoms. The van der Waals surface area contributed by atoms with Crippen molar-refractivity contribution in [2.75, 3.05) is 11.9 Å². The second kappa shape index (κ2) is 3.06. The molecule has 0 saturated heterocycles. The minimum atomic E-state index is 0.671. The molecule has 0 unspecified atom stereocenters. The van der Waals surface area contributed by atoms with Crippen molar-refractivity contribution < 1.29 is 0 Å². The van der Waals surface area contributed by atoms with Crippen molar-refractivity contribution in [1.82, 2.24) is 0 Å². The summed E-state index contributed by atoms with van der Waals surface area (Å²) in [5.41, 5.74) is 2.91. The third-order valence-electron chi connectivity index (χ3n) is 3.20. The van der Waals surface area contributed by atoms with Gasteiger partial charge in [-0.15, -0.1) is 0 Å². The fraction of sp³-hybridized carbons (Fsp3) is 0.500. The molecule has 0 aliphatic carbocycles. The Balaban J connectivity index is 2.47. The number of hydrogen-bond donors (Lipinski definition) is 0. The molecule has 0 saturated carbocycles. The van der Waals surface area contributed by atoms with Crippen LogP contribution in [-0.2, 0) is 0 Å². The van der Waals surface area contributed by atoms with Crippen molar-refractivity contribution in [1.29, 1.82) is 0 Å². The number of benzene rings is 1. The van der Waals surface area contributed by atoms with Crippen molar-refractivity contribution >= 4 is 5.69 Å². The fourth-order valence-electron chi connectivity index (χ4n) is 2.26. The summed E-state index contributed by atoms with van der Waals surface area (Å²) in [4.78, 5) is 2.38. The van der Waals surface area contributed by atoms with Gasteiger partial charge in [0.1, 0.15) is 0 Å². The molecule has 0 amide bonds. The highest BCUT2D eigenvalue weighted by atomic mass is 15.1. The van der Waals surface area contributed by atoms with Crippen LogP contribution in [0.5, 0.6) is 0 Å². The van der Waals surface area contributed by atoms with E-state index in [1.54, 1.807) is 0 Å². The molecule has 1 heterocycles. The number of anilines is 1. The van der Waals surface area contributed by atoms with E-state index in [2.05, 4.69) is 50.1 Å². The maximum absolute atomic E-state index is 2.38. The molecule has 0 aromatic heterocycles. The highest BCUT2D eigenvalue weighted by molar-refractivity contribution is 5.57. The summed E-state index contributed by atoms with van der Waals surface area (Å²) in [7, 11) is 2.19. The summed E-state index contributed by atoms with van der Waals surface area (Å²) in [6.45, 7) is 4.62. The summed E-state index contributed by atoms with van der Waals surface area (Å²) in [6, 6.07) is 9.41. The fourth-order valence-corrected chi connectivity index (χ4v) is 2.26. The Morgan fingerprint density at radius 2 is 1.92 bits per heavy atom. The van der Waals surface area contributed by atoms with Gasteiger partial charge in [-0.1, -0.05) is 25.1 Å². The smallest absolute Gasteiger partial charge is 0.0401 e. The van der Waals surface area contributed by atoms with E-state index in [-0.39, 0.29) is 0 Å². The zero-order chi connectivity index (χ0) is 9.42. The van der Waals surface area contributed by atoms with Gasteiger partial charge in [0.15, 0.2) is 0 Å². The number of para-hydroxylation sites is 1. The monoisotopic (exact) mass is 175 g/mol. The van der Waals surface area contributed by atoms with Crippen LogP contribution in [0.15, 0.2) is 24.3 Å². The molecular formula is C12H17N. The lowest BCUT2D eigenvalue weighted by molar-refractivity contribution is 0.533. The first-order chi connectivity index (χ1) is 6.20. The first kappa shape index (κ1) is 8.61. The van der Waals surface area contributed by atoms with E-state index in [0.717, 1.165) is 0 Å². The lowest BCUT2D eigenvalue weighted by Crippen LogP contribution is -2.34. The van der Waals surface area contributed by atoms with Crippen molar-refractivity contribution in [3.63, 3.8) is 0 Å². The number of rotatable bonds is 0. The maximum atomic E-state index is 2.38. The third kappa shape index (κ3) is 1.32. The SMILES string of the molecule is C[C@@H]1C[C@H](C)N(C)c2ccccc21. The summed E-state index contributed by atoms with van der Waals surface area (Å²) in [5, 5.41) is 0. The molecule has 0 bridgehead atoms. The molecule has 1 aliphatic heterocycles. The minimum absolute atomic E-state index is 0.671. The number of nitrogens with zero attached hydrogens (tertiary/aromatic N) is 1. The second-order valence-electron chi connectivity index (χ2n) is 4.16. The summed E-state index contributed by atoms with van der Waals surface area (Å²) >= 11 is 0. The van der Waals surface area contributed by atoms with Gasteiger partial charge in [-0.3, -0.25) is 0 Å². The van der Waals surface area contributed by atoms with E-state index in [1.165, 1.54) is 17.7 Å². The van der Waals surface area contributed by atoms with Gasteiger partial charge in [0.25, 0.3) is 0 Å². The average Bonchev–Trinajstić information content (AvgIpc) is 2.15. The van der Waals surface area contributed by atoms with E-state index in [9.17, 15) is 0 Å². The average molecular weight is 175 g/mol. The summed E-state index contributed by atoms with van der Waals surface area (Å²) in [6.07, 6.45) is 1.27. The normalized spacial score (nSPS) is 27.2.